The lowest BCUT2D eigenvalue weighted by Crippen LogP contribution is -2.42. The van der Waals surface area contributed by atoms with Gasteiger partial charge in [-0.2, -0.15) is 0 Å². The molecule has 4 heteroatoms. The third kappa shape index (κ3) is 3.72. The van der Waals surface area contributed by atoms with Crippen molar-refractivity contribution in [3.63, 3.8) is 0 Å². The molecule has 0 bridgehead atoms. The molecule has 0 aromatic rings. The summed E-state index contributed by atoms with van der Waals surface area (Å²) in [5.41, 5.74) is -0.557. The lowest BCUT2D eigenvalue weighted by atomic mass is 9.95. The Morgan fingerprint density at radius 1 is 1.44 bits per heavy atom. The Morgan fingerprint density at radius 3 is 2.56 bits per heavy atom. The molecule has 0 aliphatic carbocycles. The highest BCUT2D eigenvalue weighted by atomic mass is 16.6. The standard InChI is InChI=1S/C14H25NO3/c1-6-7-8-11-9-12(16)15(10(11)2)13(17)18-14(3,4)5/h10-11H,6-9H2,1-5H3/t10-,11+/m1/s1. The maximum Gasteiger partial charge on any atom is 0.417 e. The summed E-state index contributed by atoms with van der Waals surface area (Å²) in [6.45, 7) is 9.50. The van der Waals surface area contributed by atoms with Gasteiger partial charge in [0.15, 0.2) is 0 Å². The fourth-order valence-corrected chi connectivity index (χ4v) is 2.32. The van der Waals surface area contributed by atoms with E-state index in [1.54, 1.807) is 0 Å². The summed E-state index contributed by atoms with van der Waals surface area (Å²) < 4.78 is 5.28. The van der Waals surface area contributed by atoms with Crippen molar-refractivity contribution in [1.29, 1.82) is 0 Å². The summed E-state index contributed by atoms with van der Waals surface area (Å²) in [6.07, 6.45) is 3.19. The Kier molecular flexibility index (Phi) is 4.77. The number of likely N-dealkylation sites (tertiary alicyclic amines) is 1. The van der Waals surface area contributed by atoms with Crippen LogP contribution >= 0.6 is 0 Å². The normalized spacial score (nSPS) is 24.5. The molecule has 4 nitrogen and oxygen atoms in total. The molecule has 0 saturated carbocycles. The van der Waals surface area contributed by atoms with Crippen molar-refractivity contribution < 1.29 is 14.3 Å². The molecule has 0 unspecified atom stereocenters. The molecule has 18 heavy (non-hydrogen) atoms. The number of unbranched alkanes of at least 4 members (excludes halogenated alkanes) is 1. The second-order valence-electron chi connectivity index (χ2n) is 6.09. The molecule has 1 aliphatic rings. The zero-order valence-corrected chi connectivity index (χ0v) is 12.2. The first-order valence-corrected chi connectivity index (χ1v) is 6.81. The topological polar surface area (TPSA) is 46.6 Å². The molecule has 2 amide bonds. The number of ether oxygens (including phenoxy) is 1. The van der Waals surface area contributed by atoms with Crippen LogP contribution in [-0.2, 0) is 9.53 Å². The summed E-state index contributed by atoms with van der Waals surface area (Å²) >= 11 is 0. The third-order valence-electron chi connectivity index (χ3n) is 3.31. The molecule has 0 N–H and O–H groups in total. The Balaban J connectivity index is 2.66. The van der Waals surface area contributed by atoms with Gasteiger partial charge in [0.1, 0.15) is 5.60 Å². The van der Waals surface area contributed by atoms with E-state index in [4.69, 9.17) is 4.74 Å². The number of hydrogen-bond donors (Lipinski definition) is 0. The van der Waals surface area contributed by atoms with Crippen LogP contribution in [0.5, 0.6) is 0 Å². The van der Waals surface area contributed by atoms with E-state index in [-0.39, 0.29) is 17.9 Å². The van der Waals surface area contributed by atoms with Gasteiger partial charge in [-0.1, -0.05) is 19.8 Å². The van der Waals surface area contributed by atoms with Gasteiger partial charge in [-0.15, -0.1) is 0 Å². The second-order valence-corrected chi connectivity index (χ2v) is 6.09. The first kappa shape index (κ1) is 15.0. The second kappa shape index (κ2) is 5.72. The molecule has 1 heterocycles. The molecule has 1 fully saturated rings. The Bertz CT molecular complexity index is 319. The summed E-state index contributed by atoms with van der Waals surface area (Å²) in [4.78, 5) is 25.2. The van der Waals surface area contributed by atoms with Crippen molar-refractivity contribution in [2.24, 2.45) is 5.92 Å². The average molecular weight is 255 g/mol. The van der Waals surface area contributed by atoms with E-state index in [0.29, 0.717) is 6.42 Å². The van der Waals surface area contributed by atoms with E-state index in [2.05, 4.69) is 6.92 Å². The molecule has 0 aromatic carbocycles. The van der Waals surface area contributed by atoms with E-state index in [1.165, 1.54) is 4.90 Å². The van der Waals surface area contributed by atoms with Crippen molar-refractivity contribution in [3.8, 4) is 0 Å². The van der Waals surface area contributed by atoms with Crippen molar-refractivity contribution in [2.45, 2.75) is 71.9 Å². The van der Waals surface area contributed by atoms with E-state index in [9.17, 15) is 9.59 Å². The van der Waals surface area contributed by atoms with Gasteiger partial charge >= 0.3 is 6.09 Å². The minimum atomic E-state index is -0.557. The highest BCUT2D eigenvalue weighted by Gasteiger charge is 2.41. The van der Waals surface area contributed by atoms with E-state index < -0.39 is 11.7 Å². The van der Waals surface area contributed by atoms with Gasteiger partial charge in [-0.3, -0.25) is 4.79 Å². The number of imide groups is 1. The summed E-state index contributed by atoms with van der Waals surface area (Å²) in [7, 11) is 0. The van der Waals surface area contributed by atoms with E-state index in [0.717, 1.165) is 19.3 Å². The van der Waals surface area contributed by atoms with E-state index in [1.807, 2.05) is 27.7 Å². The molecular weight excluding hydrogens is 230 g/mol. The van der Waals surface area contributed by atoms with Gasteiger partial charge in [0.25, 0.3) is 0 Å². The monoisotopic (exact) mass is 255 g/mol. The number of hydrogen-bond acceptors (Lipinski definition) is 3. The lowest BCUT2D eigenvalue weighted by molar-refractivity contribution is -0.127. The summed E-state index contributed by atoms with van der Waals surface area (Å²) in [5, 5.41) is 0. The molecular formula is C14H25NO3. The van der Waals surface area contributed by atoms with Crippen LogP contribution in [0, 0.1) is 5.92 Å². The van der Waals surface area contributed by atoms with Crippen molar-refractivity contribution >= 4 is 12.0 Å². The minimum absolute atomic E-state index is 0.0427. The maximum atomic E-state index is 12.0. The van der Waals surface area contributed by atoms with Crippen molar-refractivity contribution in [2.75, 3.05) is 0 Å². The molecule has 1 rings (SSSR count). The molecule has 0 spiro atoms. The third-order valence-corrected chi connectivity index (χ3v) is 3.31. The molecule has 1 aliphatic heterocycles. The highest BCUT2D eigenvalue weighted by molar-refractivity contribution is 5.94. The number of carbonyl (C=O) groups excluding carboxylic acids is 2. The van der Waals surface area contributed by atoms with E-state index >= 15 is 0 Å². The number of nitrogens with zero attached hydrogens (tertiary/aromatic N) is 1. The van der Waals surface area contributed by atoms with Gasteiger partial charge in [0.05, 0.1) is 0 Å². The molecule has 1 saturated heterocycles. The van der Waals surface area contributed by atoms with Gasteiger partial charge < -0.3 is 4.74 Å². The van der Waals surface area contributed by atoms with Crippen LogP contribution in [0.15, 0.2) is 0 Å². The van der Waals surface area contributed by atoms with Crippen LogP contribution < -0.4 is 0 Å². The van der Waals surface area contributed by atoms with Crippen molar-refractivity contribution in [3.05, 3.63) is 0 Å². The fourth-order valence-electron chi connectivity index (χ4n) is 2.32. The zero-order chi connectivity index (χ0) is 13.9. The predicted molar refractivity (Wildman–Crippen MR) is 70.2 cm³/mol. The fraction of sp³-hybridized carbons (Fsp3) is 0.857. The van der Waals surface area contributed by atoms with Crippen LogP contribution in [0.2, 0.25) is 0 Å². The number of amides is 2. The minimum Gasteiger partial charge on any atom is -0.443 e. The van der Waals surface area contributed by atoms with Crippen LogP contribution in [0.25, 0.3) is 0 Å². The quantitative estimate of drug-likeness (QED) is 0.777. The Morgan fingerprint density at radius 2 is 2.06 bits per heavy atom. The molecule has 0 radical (unpaired) electrons. The predicted octanol–water partition coefficient (Wildman–Crippen LogP) is 3.35. The number of carbonyl (C=O) groups is 2. The largest absolute Gasteiger partial charge is 0.443 e. The molecule has 0 aromatic heterocycles. The SMILES string of the molecule is CCCC[C@H]1CC(=O)N(C(=O)OC(C)(C)C)[C@@H]1C. The van der Waals surface area contributed by atoms with Crippen LogP contribution in [0.3, 0.4) is 0 Å². The van der Waals surface area contributed by atoms with Gasteiger partial charge in [-0.25, -0.2) is 9.69 Å². The van der Waals surface area contributed by atoms with Gasteiger partial charge in [0.2, 0.25) is 5.91 Å². The lowest BCUT2D eigenvalue weighted by Gasteiger charge is -2.27. The van der Waals surface area contributed by atoms with Crippen LogP contribution in [0.4, 0.5) is 4.79 Å². The van der Waals surface area contributed by atoms with Gasteiger partial charge in [0, 0.05) is 12.5 Å². The van der Waals surface area contributed by atoms with Crippen molar-refractivity contribution in [1.82, 2.24) is 4.90 Å². The smallest absolute Gasteiger partial charge is 0.417 e. The zero-order valence-electron chi connectivity index (χ0n) is 12.2. The van der Waals surface area contributed by atoms with Gasteiger partial charge in [-0.05, 0) is 40.0 Å². The number of rotatable bonds is 3. The summed E-state index contributed by atoms with van der Waals surface area (Å²) in [6, 6.07) is -0.0427. The first-order chi connectivity index (χ1) is 8.26. The molecule has 2 atom stereocenters. The Hall–Kier alpha value is -1.06. The highest BCUT2D eigenvalue weighted by Crippen LogP contribution is 2.30. The maximum absolute atomic E-state index is 12.0. The first-order valence-electron chi connectivity index (χ1n) is 6.81. The van der Waals surface area contributed by atoms with Crippen LogP contribution in [-0.4, -0.2) is 28.5 Å². The summed E-state index contributed by atoms with van der Waals surface area (Å²) in [5.74, 6) is 0.183. The average Bonchev–Trinajstić information content (AvgIpc) is 2.48. The van der Waals surface area contributed by atoms with Crippen LogP contribution in [0.1, 0.15) is 60.3 Å². The molecule has 104 valence electrons. The Labute approximate surface area is 110 Å².